The highest BCUT2D eigenvalue weighted by atomic mass is 16.7. The molecule has 0 radical (unpaired) electrons. The SMILES string of the molecule is O=C(CNC(=O)c1ccccc1)NCCCc1ccc2c(c1)OCO2. The van der Waals surface area contributed by atoms with Gasteiger partial charge in [-0.3, -0.25) is 9.59 Å². The lowest BCUT2D eigenvalue weighted by molar-refractivity contribution is -0.120. The first kappa shape index (κ1) is 16.8. The summed E-state index contributed by atoms with van der Waals surface area (Å²) in [6, 6.07) is 14.7. The molecule has 1 aliphatic rings. The third kappa shape index (κ3) is 4.73. The highest BCUT2D eigenvalue weighted by molar-refractivity contribution is 5.96. The van der Waals surface area contributed by atoms with Gasteiger partial charge in [-0.2, -0.15) is 0 Å². The van der Waals surface area contributed by atoms with E-state index in [9.17, 15) is 9.59 Å². The van der Waals surface area contributed by atoms with Crippen molar-refractivity contribution in [3.05, 3.63) is 59.7 Å². The van der Waals surface area contributed by atoms with Crippen LogP contribution in [0.4, 0.5) is 0 Å². The Kier molecular flexibility index (Phi) is 5.51. The largest absolute Gasteiger partial charge is 0.454 e. The highest BCUT2D eigenvalue weighted by Crippen LogP contribution is 2.32. The molecule has 0 unspecified atom stereocenters. The molecule has 0 aromatic heterocycles. The molecule has 2 N–H and O–H groups in total. The van der Waals surface area contributed by atoms with Gasteiger partial charge in [-0.05, 0) is 42.7 Å². The molecule has 25 heavy (non-hydrogen) atoms. The standard InChI is InChI=1S/C19H20N2O4/c22-18(12-21-19(23)15-6-2-1-3-7-15)20-10-4-5-14-8-9-16-17(11-14)25-13-24-16/h1-3,6-9,11H,4-5,10,12-13H2,(H,20,22)(H,21,23). The molecule has 0 atom stereocenters. The molecule has 6 heteroatoms. The number of nitrogens with one attached hydrogen (secondary N) is 2. The van der Waals surface area contributed by atoms with Crippen molar-refractivity contribution in [2.75, 3.05) is 19.9 Å². The van der Waals surface area contributed by atoms with Crippen molar-refractivity contribution in [3.63, 3.8) is 0 Å². The zero-order valence-corrected chi connectivity index (χ0v) is 13.8. The second-order valence-electron chi connectivity index (χ2n) is 5.69. The molecule has 2 aromatic rings. The summed E-state index contributed by atoms with van der Waals surface area (Å²) in [7, 11) is 0. The minimum atomic E-state index is -0.254. The van der Waals surface area contributed by atoms with Crippen LogP contribution in [0.25, 0.3) is 0 Å². The minimum absolute atomic E-state index is 0.0300. The van der Waals surface area contributed by atoms with Crippen LogP contribution in [0, 0.1) is 0 Å². The number of rotatable bonds is 7. The van der Waals surface area contributed by atoms with Crippen molar-refractivity contribution in [1.82, 2.24) is 10.6 Å². The monoisotopic (exact) mass is 340 g/mol. The summed E-state index contributed by atoms with van der Waals surface area (Å²) in [4.78, 5) is 23.6. The Labute approximate surface area is 146 Å². The fourth-order valence-corrected chi connectivity index (χ4v) is 2.53. The van der Waals surface area contributed by atoms with Gasteiger partial charge >= 0.3 is 0 Å². The third-order valence-electron chi connectivity index (χ3n) is 3.85. The van der Waals surface area contributed by atoms with E-state index in [-0.39, 0.29) is 25.2 Å². The highest BCUT2D eigenvalue weighted by Gasteiger charge is 2.13. The number of fused-ring (bicyclic) bond motifs is 1. The molecule has 130 valence electrons. The van der Waals surface area contributed by atoms with Crippen LogP contribution in [0.15, 0.2) is 48.5 Å². The predicted molar refractivity (Wildman–Crippen MR) is 92.7 cm³/mol. The van der Waals surface area contributed by atoms with E-state index in [2.05, 4.69) is 10.6 Å². The van der Waals surface area contributed by atoms with Gasteiger partial charge in [-0.1, -0.05) is 24.3 Å². The molecule has 0 aliphatic carbocycles. The Hall–Kier alpha value is -3.02. The third-order valence-corrected chi connectivity index (χ3v) is 3.85. The van der Waals surface area contributed by atoms with E-state index in [1.54, 1.807) is 24.3 Å². The van der Waals surface area contributed by atoms with Gasteiger partial charge in [0, 0.05) is 12.1 Å². The summed E-state index contributed by atoms with van der Waals surface area (Å²) in [5.74, 6) is 1.09. The molecule has 6 nitrogen and oxygen atoms in total. The van der Waals surface area contributed by atoms with Crippen LogP contribution in [0.3, 0.4) is 0 Å². The van der Waals surface area contributed by atoms with Crippen LogP contribution in [0.1, 0.15) is 22.3 Å². The number of aryl methyl sites for hydroxylation is 1. The Morgan fingerprint density at radius 1 is 0.960 bits per heavy atom. The number of benzene rings is 2. The van der Waals surface area contributed by atoms with E-state index >= 15 is 0 Å². The van der Waals surface area contributed by atoms with Gasteiger partial charge in [-0.15, -0.1) is 0 Å². The fraction of sp³-hybridized carbons (Fsp3) is 0.263. The van der Waals surface area contributed by atoms with Crippen molar-refractivity contribution < 1.29 is 19.1 Å². The Morgan fingerprint density at radius 2 is 1.76 bits per heavy atom. The number of carbonyl (C=O) groups excluding carboxylic acids is 2. The Balaban J connectivity index is 1.33. The van der Waals surface area contributed by atoms with Crippen molar-refractivity contribution in [2.24, 2.45) is 0 Å². The smallest absolute Gasteiger partial charge is 0.251 e. The van der Waals surface area contributed by atoms with Crippen LogP contribution in [0.5, 0.6) is 11.5 Å². The quantitative estimate of drug-likeness (QED) is 0.755. The van der Waals surface area contributed by atoms with Crippen LogP contribution in [0.2, 0.25) is 0 Å². The second-order valence-corrected chi connectivity index (χ2v) is 5.69. The van der Waals surface area contributed by atoms with Gasteiger partial charge in [0.25, 0.3) is 5.91 Å². The van der Waals surface area contributed by atoms with Crippen molar-refractivity contribution >= 4 is 11.8 Å². The van der Waals surface area contributed by atoms with Crippen LogP contribution in [-0.4, -0.2) is 31.7 Å². The summed E-state index contributed by atoms with van der Waals surface area (Å²) in [6.07, 6.45) is 1.63. The average Bonchev–Trinajstić information content (AvgIpc) is 3.12. The number of ether oxygens (including phenoxy) is 2. The van der Waals surface area contributed by atoms with Gasteiger partial charge in [0.05, 0.1) is 6.54 Å². The molecule has 3 rings (SSSR count). The van der Waals surface area contributed by atoms with E-state index in [1.807, 2.05) is 24.3 Å². The number of hydrogen-bond acceptors (Lipinski definition) is 4. The first-order chi connectivity index (χ1) is 12.2. The zero-order chi connectivity index (χ0) is 17.5. The molecule has 2 amide bonds. The predicted octanol–water partition coefficient (Wildman–Crippen LogP) is 1.89. The molecule has 0 spiro atoms. The van der Waals surface area contributed by atoms with E-state index in [0.29, 0.717) is 12.1 Å². The maximum absolute atomic E-state index is 11.8. The molecule has 1 aliphatic heterocycles. The van der Waals surface area contributed by atoms with Crippen LogP contribution in [-0.2, 0) is 11.2 Å². The molecule has 0 saturated carbocycles. The van der Waals surface area contributed by atoms with Gasteiger partial charge in [0.2, 0.25) is 12.7 Å². The lowest BCUT2D eigenvalue weighted by Gasteiger charge is -2.07. The van der Waals surface area contributed by atoms with Crippen molar-refractivity contribution in [1.29, 1.82) is 0 Å². The van der Waals surface area contributed by atoms with Gasteiger partial charge < -0.3 is 20.1 Å². The first-order valence-corrected chi connectivity index (χ1v) is 8.21. The Morgan fingerprint density at radius 3 is 2.60 bits per heavy atom. The maximum atomic E-state index is 11.8. The van der Waals surface area contributed by atoms with Crippen LogP contribution >= 0.6 is 0 Å². The van der Waals surface area contributed by atoms with Gasteiger partial charge in [0.15, 0.2) is 11.5 Å². The molecular formula is C19H20N2O4. The van der Waals surface area contributed by atoms with Crippen LogP contribution < -0.4 is 20.1 Å². The van der Waals surface area contributed by atoms with Crippen molar-refractivity contribution in [2.45, 2.75) is 12.8 Å². The molecule has 2 aromatic carbocycles. The topological polar surface area (TPSA) is 76.7 Å². The summed E-state index contributed by atoms with van der Waals surface area (Å²) in [5.41, 5.74) is 1.67. The lowest BCUT2D eigenvalue weighted by Crippen LogP contribution is -2.37. The Bertz CT molecular complexity index is 746. The molecular weight excluding hydrogens is 320 g/mol. The van der Waals surface area contributed by atoms with E-state index in [4.69, 9.17) is 9.47 Å². The lowest BCUT2D eigenvalue weighted by atomic mass is 10.1. The maximum Gasteiger partial charge on any atom is 0.251 e. The van der Waals surface area contributed by atoms with E-state index in [1.165, 1.54) is 0 Å². The number of amides is 2. The second kappa shape index (κ2) is 8.19. The van der Waals surface area contributed by atoms with Crippen molar-refractivity contribution in [3.8, 4) is 11.5 Å². The van der Waals surface area contributed by atoms with E-state index < -0.39 is 0 Å². The molecule has 0 saturated heterocycles. The summed E-state index contributed by atoms with van der Waals surface area (Å²) in [6.45, 7) is 0.787. The molecule has 0 fully saturated rings. The first-order valence-electron chi connectivity index (χ1n) is 8.21. The molecule has 0 bridgehead atoms. The summed E-state index contributed by atoms with van der Waals surface area (Å²) >= 11 is 0. The number of hydrogen-bond donors (Lipinski definition) is 2. The van der Waals surface area contributed by atoms with Gasteiger partial charge in [-0.25, -0.2) is 0 Å². The summed E-state index contributed by atoms with van der Waals surface area (Å²) in [5, 5.41) is 5.41. The number of carbonyl (C=O) groups is 2. The summed E-state index contributed by atoms with van der Waals surface area (Å²) < 4.78 is 10.6. The fourth-order valence-electron chi connectivity index (χ4n) is 2.53. The zero-order valence-electron chi connectivity index (χ0n) is 13.8. The molecule has 1 heterocycles. The average molecular weight is 340 g/mol. The van der Waals surface area contributed by atoms with Gasteiger partial charge in [0.1, 0.15) is 0 Å². The normalized spacial score (nSPS) is 11.8. The minimum Gasteiger partial charge on any atom is -0.454 e. The van der Waals surface area contributed by atoms with E-state index in [0.717, 1.165) is 29.9 Å².